The molecule has 0 saturated carbocycles. The molecule has 1 amide bonds. The van der Waals surface area contributed by atoms with Crippen molar-refractivity contribution in [1.82, 2.24) is 0 Å². The summed E-state index contributed by atoms with van der Waals surface area (Å²) in [4.78, 5) is 57.4. The van der Waals surface area contributed by atoms with Crippen molar-refractivity contribution in [2.24, 2.45) is 34.7 Å². The SMILES string of the molecule is CO[C@H]1/C=C/O[C@@]2(C)Oc3c(C)c(O)c4c(O)c(c(/C=N/OC(C(=O)O)C(C)C)c(O)c4c3C2=O)NC(=O)/C(C)=C\C=C\[C@H](C)[C@H](O)[C@@H](C)[C@@H](O)[C@@H](C)[C@H](OC(C)=O)[C@@H]1C. The van der Waals surface area contributed by atoms with Crippen LogP contribution in [-0.4, -0.2) is 104 Å². The number of nitrogens with zero attached hydrogens (tertiary/aromatic N) is 1. The number of benzene rings is 2. The molecule has 17 nitrogen and oxygen atoms in total. The van der Waals surface area contributed by atoms with Crippen molar-refractivity contribution < 1.29 is 73.6 Å². The first-order valence-electron chi connectivity index (χ1n) is 19.5. The van der Waals surface area contributed by atoms with E-state index in [0.29, 0.717) is 0 Å². The topological polar surface area (TPSA) is 260 Å². The predicted octanol–water partition coefficient (Wildman–Crippen LogP) is 5.21. The number of carbonyl (C=O) groups excluding carboxylic acids is 3. The van der Waals surface area contributed by atoms with E-state index >= 15 is 0 Å². The number of fused-ring (bicyclic) bond motifs is 14. The van der Waals surface area contributed by atoms with E-state index in [9.17, 15) is 49.8 Å². The lowest BCUT2D eigenvalue weighted by atomic mass is 9.78. The quantitative estimate of drug-likeness (QED) is 0.0620. The number of methoxy groups -OCH3 is 1. The number of Topliss-reactive ketones (excluding diaryl/α,β-unsaturated/α-hetero) is 1. The molecule has 0 radical (unpaired) electrons. The largest absolute Gasteiger partial charge is 0.507 e. The highest BCUT2D eigenvalue weighted by molar-refractivity contribution is 6.23. The summed E-state index contributed by atoms with van der Waals surface area (Å²) < 4.78 is 23.4. The zero-order valence-electron chi connectivity index (χ0n) is 35.5. The van der Waals surface area contributed by atoms with E-state index < -0.39 is 129 Å². The number of esters is 1. The second kappa shape index (κ2) is 18.7. The van der Waals surface area contributed by atoms with Crippen LogP contribution < -0.4 is 10.1 Å². The van der Waals surface area contributed by atoms with Gasteiger partial charge in [-0.3, -0.25) is 14.4 Å². The fourth-order valence-electron chi connectivity index (χ4n) is 7.47. The highest BCUT2D eigenvalue weighted by Gasteiger charge is 2.50. The fourth-order valence-corrected chi connectivity index (χ4v) is 7.47. The van der Waals surface area contributed by atoms with Crippen molar-refractivity contribution in [2.45, 2.75) is 106 Å². The predicted molar refractivity (Wildman–Crippen MR) is 219 cm³/mol. The Morgan fingerprint density at radius 2 is 1.60 bits per heavy atom. The van der Waals surface area contributed by atoms with Crippen molar-refractivity contribution >= 4 is 46.3 Å². The number of nitrogens with one attached hydrogen (secondary N) is 1. The van der Waals surface area contributed by atoms with Crippen molar-refractivity contribution in [2.75, 3.05) is 12.4 Å². The number of amides is 1. The normalized spacial score (nSPS) is 30.3. The van der Waals surface area contributed by atoms with Gasteiger partial charge < -0.3 is 59.7 Å². The van der Waals surface area contributed by atoms with Gasteiger partial charge in [0.1, 0.15) is 23.4 Å². The number of rotatable bonds is 7. The Hall–Kier alpha value is -5.65. The minimum absolute atomic E-state index is 0.0301. The number of carbonyl (C=O) groups is 4. The van der Waals surface area contributed by atoms with E-state index in [4.69, 9.17) is 23.8 Å². The monoisotopic (exact) mass is 840 g/mol. The average Bonchev–Trinajstić information content (AvgIpc) is 3.45. The summed E-state index contributed by atoms with van der Waals surface area (Å²) in [5.74, 6) is -11.3. The summed E-state index contributed by atoms with van der Waals surface area (Å²) in [5.41, 5.74) is -1.17. The van der Waals surface area contributed by atoms with E-state index in [0.717, 1.165) is 12.5 Å². The molecule has 0 fully saturated rings. The molecule has 3 aliphatic heterocycles. The first-order valence-corrected chi connectivity index (χ1v) is 19.5. The van der Waals surface area contributed by atoms with Gasteiger partial charge in [-0.15, -0.1) is 0 Å². The Morgan fingerprint density at radius 3 is 2.18 bits per heavy atom. The third-order valence-corrected chi connectivity index (χ3v) is 11.2. The van der Waals surface area contributed by atoms with Crippen molar-refractivity contribution in [3.8, 4) is 23.0 Å². The number of carboxylic acids is 1. The van der Waals surface area contributed by atoms with Gasteiger partial charge in [-0.1, -0.05) is 64.9 Å². The Bertz CT molecular complexity index is 2120. The number of anilines is 1. The minimum Gasteiger partial charge on any atom is -0.507 e. The Balaban J connectivity index is 1.99. The minimum atomic E-state index is -2.13. The molecule has 0 aromatic heterocycles. The lowest BCUT2D eigenvalue weighted by Gasteiger charge is -2.38. The maximum atomic E-state index is 14.4. The van der Waals surface area contributed by atoms with Crippen LogP contribution in [-0.2, 0) is 33.4 Å². The summed E-state index contributed by atoms with van der Waals surface area (Å²) in [7, 11) is 1.40. The highest BCUT2D eigenvalue weighted by atomic mass is 16.7. The van der Waals surface area contributed by atoms with Crippen LogP contribution in [0.15, 0.2) is 41.3 Å². The number of hydrogen-bond donors (Lipinski definition) is 7. The first-order chi connectivity index (χ1) is 28.0. The van der Waals surface area contributed by atoms with E-state index in [-0.39, 0.29) is 22.4 Å². The lowest BCUT2D eigenvalue weighted by Crippen LogP contribution is -2.46. The molecular weight excluding hydrogens is 784 g/mol. The number of aliphatic hydroxyl groups is 2. The van der Waals surface area contributed by atoms with Gasteiger partial charge in [-0.25, -0.2) is 4.79 Å². The molecule has 0 spiro atoms. The zero-order valence-corrected chi connectivity index (χ0v) is 35.5. The number of oxime groups is 1. The van der Waals surface area contributed by atoms with Crippen molar-refractivity contribution in [3.05, 3.63) is 52.8 Å². The first kappa shape index (κ1) is 47.0. The van der Waals surface area contributed by atoms with Crippen LogP contribution in [0.1, 0.15) is 83.8 Å². The zero-order chi connectivity index (χ0) is 45.1. The Labute approximate surface area is 347 Å². The molecule has 3 aliphatic rings. The third-order valence-electron chi connectivity index (χ3n) is 11.2. The Kier molecular flexibility index (Phi) is 14.7. The summed E-state index contributed by atoms with van der Waals surface area (Å²) in [6.45, 7) is 15.3. The van der Waals surface area contributed by atoms with Gasteiger partial charge in [0.05, 0.1) is 53.0 Å². The average molecular weight is 841 g/mol. The maximum Gasteiger partial charge on any atom is 0.348 e. The van der Waals surface area contributed by atoms with Crippen LogP contribution in [0.25, 0.3) is 10.8 Å². The van der Waals surface area contributed by atoms with Crippen LogP contribution in [0.4, 0.5) is 5.69 Å². The number of hydrogen-bond acceptors (Lipinski definition) is 15. The molecule has 17 heteroatoms. The van der Waals surface area contributed by atoms with Crippen LogP contribution >= 0.6 is 0 Å². The second-order valence-electron chi connectivity index (χ2n) is 16.0. The summed E-state index contributed by atoms with van der Waals surface area (Å²) >= 11 is 0. The molecular formula is C43H56N2O15. The number of phenolic OH excluding ortho intramolecular Hbond substituents is 3. The van der Waals surface area contributed by atoms with Gasteiger partial charge in [-0.05, 0) is 19.9 Å². The summed E-state index contributed by atoms with van der Waals surface area (Å²) in [6.07, 6.45) is 2.49. The number of phenols is 3. The molecule has 0 aliphatic carbocycles. The summed E-state index contributed by atoms with van der Waals surface area (Å²) in [6, 6.07) is 0. The van der Waals surface area contributed by atoms with E-state index in [1.165, 1.54) is 53.0 Å². The van der Waals surface area contributed by atoms with Gasteiger partial charge in [0.25, 0.3) is 11.7 Å². The van der Waals surface area contributed by atoms with Crippen molar-refractivity contribution in [3.63, 3.8) is 0 Å². The molecule has 0 saturated heterocycles. The number of carboxylic acid groups (broad SMARTS) is 1. The Morgan fingerprint density at radius 1 is 0.950 bits per heavy atom. The molecule has 7 N–H and O–H groups in total. The fraction of sp³-hybridized carbons (Fsp3) is 0.512. The number of ketones is 1. The number of aliphatic hydroxyl groups excluding tert-OH is 2. The molecule has 328 valence electrons. The number of ether oxygens (including phenoxy) is 4. The molecule has 10 atom stereocenters. The standard InChI is InChI=1S/C43H56N2O15/c1-18(2)37(42(54)55)60-44-17-26-31-36(51)29-28(35(26)50)30-39(24(8)34(29)49)59-43(10,40(30)52)57-16-15-27(56-11)21(5)38(58-25(9)46)23(7)33(48)22(6)32(47)19(3)13-12-14-20(4)41(53)45-31/h12-19,21-23,27,32-33,37-38,47-51H,1-11H3,(H,45,53)(H,54,55)/b13-12+,16-15+,20-14-,44-17+/t19-,21+,22+,23+,27-,32-,33+,37?,38+,43-/m0/s1. The smallest absolute Gasteiger partial charge is 0.348 e. The molecule has 2 aromatic carbocycles. The maximum absolute atomic E-state index is 14.4. The van der Waals surface area contributed by atoms with Gasteiger partial charge in [0, 0.05) is 67.1 Å². The summed E-state index contributed by atoms with van der Waals surface area (Å²) in [5, 5.41) is 73.1. The molecule has 3 heterocycles. The van der Waals surface area contributed by atoms with Crippen LogP contribution in [0.3, 0.4) is 0 Å². The van der Waals surface area contributed by atoms with Gasteiger partial charge in [0.2, 0.25) is 6.10 Å². The molecule has 1 unspecified atom stereocenters. The van der Waals surface area contributed by atoms with Crippen LogP contribution in [0, 0.1) is 36.5 Å². The third kappa shape index (κ3) is 9.22. The molecule has 5 rings (SSSR count). The highest BCUT2D eigenvalue weighted by Crippen LogP contribution is 2.55. The van der Waals surface area contributed by atoms with Gasteiger partial charge >= 0.3 is 17.7 Å². The van der Waals surface area contributed by atoms with E-state index in [1.54, 1.807) is 47.6 Å². The molecule has 5 bridgehead atoms. The van der Waals surface area contributed by atoms with Gasteiger partial charge in [0.15, 0.2) is 5.75 Å². The van der Waals surface area contributed by atoms with Crippen LogP contribution in [0.5, 0.6) is 23.0 Å². The second-order valence-corrected chi connectivity index (χ2v) is 16.0. The van der Waals surface area contributed by atoms with E-state index in [2.05, 4.69) is 10.5 Å². The number of allylic oxidation sites excluding steroid dienone is 2. The molecule has 2 aromatic rings. The van der Waals surface area contributed by atoms with E-state index in [1.807, 2.05) is 0 Å². The van der Waals surface area contributed by atoms with Crippen molar-refractivity contribution in [1.29, 1.82) is 0 Å². The number of aromatic hydroxyl groups is 3. The van der Waals surface area contributed by atoms with Crippen LogP contribution in [0.2, 0.25) is 0 Å². The molecule has 60 heavy (non-hydrogen) atoms. The number of aliphatic carboxylic acids is 1. The lowest BCUT2D eigenvalue weighted by molar-refractivity contribution is -0.160. The van der Waals surface area contributed by atoms with Gasteiger partial charge in [-0.2, -0.15) is 0 Å².